The molecule has 0 aromatic carbocycles. The van der Waals surface area contributed by atoms with E-state index in [4.69, 9.17) is 5.73 Å². The molecule has 1 aliphatic heterocycles. The maximum absolute atomic E-state index is 12.3. The fourth-order valence-electron chi connectivity index (χ4n) is 3.09. The number of halogens is 3. The number of hydrogen-bond donors (Lipinski definition) is 1. The smallest absolute Gasteiger partial charge is 0.340 e. The van der Waals surface area contributed by atoms with Crippen LogP contribution in [0, 0.1) is 5.92 Å². The van der Waals surface area contributed by atoms with Crippen molar-refractivity contribution in [2.45, 2.75) is 37.9 Å². The first kappa shape index (κ1) is 15.6. The van der Waals surface area contributed by atoms with E-state index in [1.807, 2.05) is 0 Å². The molecule has 0 bridgehead atoms. The summed E-state index contributed by atoms with van der Waals surface area (Å²) >= 11 is 0. The number of rotatable bonds is 2. The zero-order valence-electron chi connectivity index (χ0n) is 11.5. The molecule has 2 fully saturated rings. The van der Waals surface area contributed by atoms with E-state index in [1.165, 1.54) is 4.90 Å². The number of alkyl halides is 3. The summed E-state index contributed by atoms with van der Waals surface area (Å²) < 4.78 is 36.9. The highest BCUT2D eigenvalue weighted by atomic mass is 19.4. The van der Waals surface area contributed by atoms with Gasteiger partial charge in [-0.1, -0.05) is 6.42 Å². The molecule has 1 aliphatic carbocycles. The Balaban J connectivity index is 1.79. The summed E-state index contributed by atoms with van der Waals surface area (Å²) in [6, 6.07) is 0.0872. The highest BCUT2D eigenvalue weighted by Crippen LogP contribution is 2.25. The Morgan fingerprint density at radius 1 is 1.15 bits per heavy atom. The molecule has 1 saturated carbocycles. The zero-order valence-corrected chi connectivity index (χ0v) is 11.5. The van der Waals surface area contributed by atoms with Crippen molar-refractivity contribution in [3.63, 3.8) is 0 Å². The lowest BCUT2D eigenvalue weighted by atomic mass is 9.85. The van der Waals surface area contributed by atoms with Gasteiger partial charge in [0.1, 0.15) is 0 Å². The average molecular weight is 293 g/mol. The van der Waals surface area contributed by atoms with Crippen molar-refractivity contribution in [1.29, 1.82) is 0 Å². The molecule has 0 unspecified atom stereocenters. The number of carbonyl (C=O) groups excluding carboxylic acids is 1. The predicted molar refractivity (Wildman–Crippen MR) is 69.0 cm³/mol. The van der Waals surface area contributed by atoms with Gasteiger partial charge in [0.25, 0.3) is 0 Å². The van der Waals surface area contributed by atoms with E-state index in [0.29, 0.717) is 32.6 Å². The second-order valence-corrected chi connectivity index (χ2v) is 5.84. The summed E-state index contributed by atoms with van der Waals surface area (Å²) in [5.74, 6) is 0.0414. The van der Waals surface area contributed by atoms with Gasteiger partial charge in [0, 0.05) is 38.1 Å². The van der Waals surface area contributed by atoms with Crippen LogP contribution in [0.5, 0.6) is 0 Å². The highest BCUT2D eigenvalue weighted by molar-refractivity contribution is 5.79. The van der Waals surface area contributed by atoms with Gasteiger partial charge in [0.15, 0.2) is 0 Å². The molecule has 20 heavy (non-hydrogen) atoms. The first-order valence-electron chi connectivity index (χ1n) is 7.18. The second kappa shape index (κ2) is 6.30. The molecule has 0 aromatic heterocycles. The Bertz CT molecular complexity index is 340. The van der Waals surface area contributed by atoms with Gasteiger partial charge in [-0.25, -0.2) is 0 Å². The SMILES string of the molecule is N[C@H]1CCC[C@@H](C(=O)N2CCN(CC(F)(F)F)CC2)C1. The molecule has 0 aromatic rings. The van der Waals surface area contributed by atoms with Crippen LogP contribution in [0.1, 0.15) is 25.7 Å². The van der Waals surface area contributed by atoms with E-state index in [2.05, 4.69) is 0 Å². The maximum Gasteiger partial charge on any atom is 0.401 e. The zero-order chi connectivity index (χ0) is 14.8. The quantitative estimate of drug-likeness (QED) is 0.832. The van der Waals surface area contributed by atoms with Crippen LogP contribution in [0.15, 0.2) is 0 Å². The molecule has 2 atom stereocenters. The maximum atomic E-state index is 12.3. The first-order chi connectivity index (χ1) is 9.35. The van der Waals surface area contributed by atoms with Crippen LogP contribution in [-0.4, -0.2) is 60.6 Å². The third kappa shape index (κ3) is 4.34. The topological polar surface area (TPSA) is 49.6 Å². The number of hydrogen-bond acceptors (Lipinski definition) is 3. The number of nitrogens with two attached hydrogens (primary N) is 1. The average Bonchev–Trinajstić information content (AvgIpc) is 2.37. The highest BCUT2D eigenvalue weighted by Gasteiger charge is 2.34. The van der Waals surface area contributed by atoms with Crippen LogP contribution >= 0.6 is 0 Å². The van der Waals surface area contributed by atoms with E-state index in [1.54, 1.807) is 4.90 Å². The van der Waals surface area contributed by atoms with Crippen LogP contribution in [0.2, 0.25) is 0 Å². The summed E-state index contributed by atoms with van der Waals surface area (Å²) in [7, 11) is 0. The Morgan fingerprint density at radius 3 is 2.35 bits per heavy atom. The number of amides is 1. The lowest BCUT2D eigenvalue weighted by molar-refractivity contribution is -0.153. The summed E-state index contributed by atoms with van der Waals surface area (Å²) in [5, 5.41) is 0. The van der Waals surface area contributed by atoms with Crippen molar-refractivity contribution in [1.82, 2.24) is 9.80 Å². The number of piperazine rings is 1. The standard InChI is InChI=1S/C13H22F3N3O/c14-13(15,16)9-18-4-6-19(7-5-18)12(20)10-2-1-3-11(17)8-10/h10-11H,1-9,17H2/t10-,11+/m1/s1. The van der Waals surface area contributed by atoms with E-state index >= 15 is 0 Å². The van der Waals surface area contributed by atoms with Crippen molar-refractivity contribution in [3.8, 4) is 0 Å². The molecule has 1 amide bonds. The van der Waals surface area contributed by atoms with Crippen LogP contribution < -0.4 is 5.73 Å². The third-order valence-corrected chi connectivity index (χ3v) is 4.15. The summed E-state index contributed by atoms with van der Waals surface area (Å²) in [6.07, 6.45) is -0.673. The van der Waals surface area contributed by atoms with E-state index < -0.39 is 12.7 Å². The van der Waals surface area contributed by atoms with Gasteiger partial charge < -0.3 is 10.6 Å². The van der Waals surface area contributed by atoms with Gasteiger partial charge in [-0.15, -0.1) is 0 Å². The molecule has 2 aliphatic rings. The Labute approximate surface area is 117 Å². The van der Waals surface area contributed by atoms with E-state index in [-0.39, 0.29) is 17.9 Å². The molecule has 1 heterocycles. The van der Waals surface area contributed by atoms with Crippen molar-refractivity contribution < 1.29 is 18.0 Å². The van der Waals surface area contributed by atoms with Crippen molar-refractivity contribution >= 4 is 5.91 Å². The van der Waals surface area contributed by atoms with Gasteiger partial charge in [-0.05, 0) is 19.3 Å². The molecular weight excluding hydrogens is 271 g/mol. The van der Waals surface area contributed by atoms with Crippen molar-refractivity contribution in [3.05, 3.63) is 0 Å². The van der Waals surface area contributed by atoms with Crippen LogP contribution in [0.3, 0.4) is 0 Å². The molecule has 2 rings (SSSR count). The van der Waals surface area contributed by atoms with Crippen LogP contribution in [0.25, 0.3) is 0 Å². The van der Waals surface area contributed by atoms with Crippen molar-refractivity contribution in [2.75, 3.05) is 32.7 Å². The molecule has 4 nitrogen and oxygen atoms in total. The molecule has 0 radical (unpaired) electrons. The van der Waals surface area contributed by atoms with Gasteiger partial charge in [-0.2, -0.15) is 13.2 Å². The minimum Gasteiger partial charge on any atom is -0.340 e. The van der Waals surface area contributed by atoms with E-state index in [0.717, 1.165) is 19.3 Å². The van der Waals surface area contributed by atoms with E-state index in [9.17, 15) is 18.0 Å². The lowest BCUT2D eigenvalue weighted by Gasteiger charge is -2.37. The molecule has 2 N–H and O–H groups in total. The second-order valence-electron chi connectivity index (χ2n) is 5.84. The van der Waals surface area contributed by atoms with Gasteiger partial charge in [-0.3, -0.25) is 9.69 Å². The predicted octanol–water partition coefficient (Wildman–Crippen LogP) is 1.21. The molecular formula is C13H22F3N3O. The van der Waals surface area contributed by atoms with Crippen molar-refractivity contribution in [2.24, 2.45) is 11.7 Å². The lowest BCUT2D eigenvalue weighted by Crippen LogP contribution is -2.52. The van der Waals surface area contributed by atoms with Gasteiger partial charge >= 0.3 is 6.18 Å². The molecule has 116 valence electrons. The Kier molecular flexibility index (Phi) is 4.90. The minimum atomic E-state index is -4.16. The summed E-state index contributed by atoms with van der Waals surface area (Å²) in [5.41, 5.74) is 5.88. The monoisotopic (exact) mass is 293 g/mol. The third-order valence-electron chi connectivity index (χ3n) is 4.15. The number of nitrogens with zero attached hydrogens (tertiary/aromatic N) is 2. The fraction of sp³-hybridized carbons (Fsp3) is 0.923. The molecule has 7 heteroatoms. The number of carbonyl (C=O) groups is 1. The van der Waals surface area contributed by atoms with Gasteiger partial charge in [0.2, 0.25) is 5.91 Å². The minimum absolute atomic E-state index is 0.0343. The molecule has 0 spiro atoms. The first-order valence-corrected chi connectivity index (χ1v) is 7.18. The molecule has 1 saturated heterocycles. The fourth-order valence-corrected chi connectivity index (χ4v) is 3.09. The summed E-state index contributed by atoms with van der Waals surface area (Å²) in [4.78, 5) is 15.4. The summed E-state index contributed by atoms with van der Waals surface area (Å²) in [6.45, 7) is 0.485. The largest absolute Gasteiger partial charge is 0.401 e. The Hall–Kier alpha value is -0.820. The Morgan fingerprint density at radius 2 is 1.80 bits per heavy atom. The normalized spacial score (nSPS) is 29.5. The van der Waals surface area contributed by atoms with Crippen LogP contribution in [0.4, 0.5) is 13.2 Å². The van der Waals surface area contributed by atoms with Gasteiger partial charge in [0.05, 0.1) is 6.54 Å². The van der Waals surface area contributed by atoms with Crippen LogP contribution in [-0.2, 0) is 4.79 Å².